The highest BCUT2D eigenvalue weighted by Gasteiger charge is 2.29. The zero-order valence-corrected chi connectivity index (χ0v) is 13.0. The highest BCUT2D eigenvalue weighted by molar-refractivity contribution is 7.99. The molecule has 0 saturated carbocycles. The minimum atomic E-state index is -4.37. The normalized spacial score (nSPS) is 14.8. The summed E-state index contributed by atoms with van der Waals surface area (Å²) in [6, 6.07) is 4.32. The molecule has 1 rings (SSSR count). The smallest absolute Gasteiger partial charge is 0.395 e. The Morgan fingerprint density at radius 3 is 2.41 bits per heavy atom. The van der Waals surface area contributed by atoms with E-state index in [2.05, 4.69) is 5.32 Å². The molecule has 2 N–H and O–H groups in total. The van der Waals surface area contributed by atoms with Crippen molar-refractivity contribution in [2.24, 2.45) is 0 Å². The van der Waals surface area contributed by atoms with E-state index in [0.29, 0.717) is 5.56 Å². The highest BCUT2D eigenvalue weighted by Crippen LogP contribution is 2.29. The molecule has 0 aliphatic carbocycles. The lowest BCUT2D eigenvalue weighted by atomic mass is 10.1. The Kier molecular flexibility index (Phi) is 6.96. The standard InChI is InChI=1S/C15H18F3NO2S/c1-10(13(9-20)22-2)19-14(21)8-5-11-3-6-12(7-4-11)15(16,17)18/h3-8,10,13,20H,9H2,1-2H3,(H,19,21)/b8-5+. The molecule has 122 valence electrons. The number of nitrogens with one attached hydrogen (secondary N) is 1. The summed E-state index contributed by atoms with van der Waals surface area (Å²) >= 11 is 1.44. The molecular formula is C15H18F3NO2S. The van der Waals surface area contributed by atoms with E-state index in [0.717, 1.165) is 12.1 Å². The van der Waals surface area contributed by atoms with E-state index in [9.17, 15) is 18.0 Å². The number of aliphatic hydroxyl groups excluding tert-OH is 1. The first-order valence-corrected chi connectivity index (χ1v) is 7.86. The quantitative estimate of drug-likeness (QED) is 0.787. The maximum absolute atomic E-state index is 12.4. The molecule has 3 nitrogen and oxygen atoms in total. The van der Waals surface area contributed by atoms with Gasteiger partial charge in [0.2, 0.25) is 5.91 Å². The van der Waals surface area contributed by atoms with Crippen molar-refractivity contribution in [3.63, 3.8) is 0 Å². The third-order valence-corrected chi connectivity index (χ3v) is 4.24. The molecule has 0 saturated heterocycles. The molecule has 2 unspecified atom stereocenters. The SMILES string of the molecule is CSC(CO)C(C)NC(=O)/C=C/c1ccc(C(F)(F)F)cc1. The number of carbonyl (C=O) groups is 1. The van der Waals surface area contributed by atoms with Gasteiger partial charge in [0.25, 0.3) is 0 Å². The van der Waals surface area contributed by atoms with Crippen LogP contribution in [0.5, 0.6) is 0 Å². The Bertz CT molecular complexity index is 511. The van der Waals surface area contributed by atoms with Crippen LogP contribution in [0.25, 0.3) is 6.08 Å². The van der Waals surface area contributed by atoms with Gasteiger partial charge < -0.3 is 10.4 Å². The lowest BCUT2D eigenvalue weighted by Gasteiger charge is -2.20. The Morgan fingerprint density at radius 1 is 1.36 bits per heavy atom. The van der Waals surface area contributed by atoms with Crippen LogP contribution >= 0.6 is 11.8 Å². The second kappa shape index (κ2) is 8.24. The van der Waals surface area contributed by atoms with Crippen molar-refractivity contribution in [2.75, 3.05) is 12.9 Å². The largest absolute Gasteiger partial charge is 0.416 e. The number of amides is 1. The van der Waals surface area contributed by atoms with Crippen molar-refractivity contribution in [3.05, 3.63) is 41.5 Å². The van der Waals surface area contributed by atoms with Crippen molar-refractivity contribution in [1.82, 2.24) is 5.32 Å². The number of rotatable bonds is 6. The van der Waals surface area contributed by atoms with Gasteiger partial charge in [0.1, 0.15) is 0 Å². The molecule has 0 aromatic heterocycles. The Hall–Kier alpha value is -1.47. The van der Waals surface area contributed by atoms with E-state index in [-0.39, 0.29) is 23.8 Å². The van der Waals surface area contributed by atoms with Crippen LogP contribution in [0.2, 0.25) is 0 Å². The van der Waals surface area contributed by atoms with Gasteiger partial charge in [-0.25, -0.2) is 0 Å². The van der Waals surface area contributed by atoms with Gasteiger partial charge in [-0.05, 0) is 37.0 Å². The molecule has 7 heteroatoms. The molecule has 0 spiro atoms. The molecule has 0 heterocycles. The van der Waals surface area contributed by atoms with Gasteiger partial charge in [0, 0.05) is 17.4 Å². The van der Waals surface area contributed by atoms with Crippen LogP contribution in [-0.2, 0) is 11.0 Å². The monoisotopic (exact) mass is 333 g/mol. The predicted octanol–water partition coefficient (Wildman–Crippen LogP) is 2.95. The van der Waals surface area contributed by atoms with E-state index in [1.165, 1.54) is 36.0 Å². The minimum Gasteiger partial charge on any atom is -0.395 e. The van der Waals surface area contributed by atoms with Crippen molar-refractivity contribution in [3.8, 4) is 0 Å². The van der Waals surface area contributed by atoms with E-state index in [1.54, 1.807) is 6.92 Å². The van der Waals surface area contributed by atoms with Crippen molar-refractivity contribution >= 4 is 23.7 Å². The topological polar surface area (TPSA) is 49.3 Å². The van der Waals surface area contributed by atoms with Crippen molar-refractivity contribution in [1.29, 1.82) is 0 Å². The molecule has 0 aliphatic heterocycles. The molecule has 0 radical (unpaired) electrons. The first kappa shape index (κ1) is 18.6. The molecular weight excluding hydrogens is 315 g/mol. The third kappa shape index (κ3) is 5.73. The van der Waals surface area contributed by atoms with Gasteiger partial charge in [-0.15, -0.1) is 0 Å². The summed E-state index contributed by atoms with van der Waals surface area (Å²) in [4.78, 5) is 11.7. The van der Waals surface area contributed by atoms with Crippen molar-refractivity contribution in [2.45, 2.75) is 24.4 Å². The number of alkyl halides is 3. The van der Waals surface area contributed by atoms with Crippen LogP contribution in [0, 0.1) is 0 Å². The van der Waals surface area contributed by atoms with Gasteiger partial charge >= 0.3 is 6.18 Å². The fraction of sp³-hybridized carbons (Fsp3) is 0.400. The van der Waals surface area contributed by atoms with Crippen LogP contribution in [0.4, 0.5) is 13.2 Å². The summed E-state index contributed by atoms with van der Waals surface area (Å²) in [5, 5.41) is 11.7. The average Bonchev–Trinajstić information content (AvgIpc) is 2.46. The number of aliphatic hydroxyl groups is 1. The number of benzene rings is 1. The van der Waals surface area contributed by atoms with Gasteiger partial charge in [-0.1, -0.05) is 12.1 Å². The van der Waals surface area contributed by atoms with Gasteiger partial charge in [0.05, 0.1) is 12.2 Å². The predicted molar refractivity (Wildman–Crippen MR) is 82.5 cm³/mol. The Balaban J connectivity index is 2.62. The second-order valence-corrected chi connectivity index (χ2v) is 5.78. The van der Waals surface area contributed by atoms with Gasteiger partial charge in [-0.3, -0.25) is 4.79 Å². The van der Waals surface area contributed by atoms with E-state index in [1.807, 2.05) is 6.26 Å². The number of hydrogen-bond donors (Lipinski definition) is 2. The Morgan fingerprint density at radius 2 is 1.95 bits per heavy atom. The molecule has 1 aromatic carbocycles. The van der Waals surface area contributed by atoms with Crippen LogP contribution in [0.3, 0.4) is 0 Å². The van der Waals surface area contributed by atoms with Crippen LogP contribution < -0.4 is 5.32 Å². The number of halogens is 3. The van der Waals surface area contributed by atoms with Crippen molar-refractivity contribution < 1.29 is 23.1 Å². The molecule has 0 bridgehead atoms. The van der Waals surface area contributed by atoms with Crippen LogP contribution in [-0.4, -0.2) is 35.2 Å². The zero-order valence-electron chi connectivity index (χ0n) is 12.2. The molecule has 2 atom stereocenters. The molecule has 1 aromatic rings. The summed E-state index contributed by atoms with van der Waals surface area (Å²) < 4.78 is 37.2. The van der Waals surface area contributed by atoms with E-state index < -0.39 is 11.7 Å². The average molecular weight is 333 g/mol. The van der Waals surface area contributed by atoms with Gasteiger partial charge in [0.15, 0.2) is 0 Å². The van der Waals surface area contributed by atoms with Gasteiger partial charge in [-0.2, -0.15) is 24.9 Å². The fourth-order valence-electron chi connectivity index (χ4n) is 1.76. The van der Waals surface area contributed by atoms with E-state index in [4.69, 9.17) is 5.11 Å². The zero-order chi connectivity index (χ0) is 16.8. The maximum atomic E-state index is 12.4. The number of hydrogen-bond acceptors (Lipinski definition) is 3. The summed E-state index contributed by atoms with van der Waals surface area (Å²) in [5.41, 5.74) is -0.229. The molecule has 22 heavy (non-hydrogen) atoms. The molecule has 1 amide bonds. The number of carbonyl (C=O) groups excluding carboxylic acids is 1. The second-order valence-electron chi connectivity index (χ2n) is 4.71. The number of thioether (sulfide) groups is 1. The fourth-order valence-corrected chi connectivity index (χ4v) is 2.38. The Labute approximate surface area is 131 Å². The van der Waals surface area contributed by atoms with Crippen LogP contribution in [0.15, 0.2) is 30.3 Å². The molecule has 0 fully saturated rings. The highest BCUT2D eigenvalue weighted by atomic mass is 32.2. The summed E-state index contributed by atoms with van der Waals surface area (Å²) in [5.74, 6) is -0.361. The summed E-state index contributed by atoms with van der Waals surface area (Å²) in [6.07, 6.45) is 0.164. The summed E-state index contributed by atoms with van der Waals surface area (Å²) in [6.45, 7) is 1.73. The van der Waals surface area contributed by atoms with Crippen LogP contribution in [0.1, 0.15) is 18.1 Å². The molecule has 0 aliphatic rings. The lowest BCUT2D eigenvalue weighted by molar-refractivity contribution is -0.137. The van der Waals surface area contributed by atoms with E-state index >= 15 is 0 Å². The lowest BCUT2D eigenvalue weighted by Crippen LogP contribution is -2.40. The minimum absolute atomic E-state index is 0.0504. The first-order valence-electron chi connectivity index (χ1n) is 6.57. The third-order valence-electron chi connectivity index (χ3n) is 3.08. The maximum Gasteiger partial charge on any atom is 0.416 e. The summed E-state index contributed by atoms with van der Waals surface area (Å²) in [7, 11) is 0. The first-order chi connectivity index (χ1) is 10.3.